The molecule has 0 saturated heterocycles. The molecule has 1 aliphatic rings. The monoisotopic (exact) mass is 651 g/mol. The van der Waals surface area contributed by atoms with E-state index in [-0.39, 0.29) is 5.41 Å². The van der Waals surface area contributed by atoms with Gasteiger partial charge in [-0.25, -0.2) is 4.98 Å². The minimum absolute atomic E-state index is 0.0596. The van der Waals surface area contributed by atoms with Crippen molar-refractivity contribution in [1.82, 2.24) is 14.0 Å². The lowest BCUT2D eigenvalue weighted by Crippen LogP contribution is -2.14. The first-order chi connectivity index (χ1) is 25.0. The van der Waals surface area contributed by atoms with E-state index in [1.807, 2.05) is 0 Å². The van der Waals surface area contributed by atoms with Gasteiger partial charge in [0.15, 0.2) is 0 Å². The number of rotatable bonds is 3. The summed E-state index contributed by atoms with van der Waals surface area (Å²) in [5.41, 5.74) is 16.9. The molecule has 0 spiro atoms. The highest BCUT2D eigenvalue weighted by Gasteiger charge is 2.36. The SMILES string of the molecule is CC1(C)c2ccccc2-c2cc3c4ccccc4n(-c4ccc(-c5ccc6nc7c8ccccc8c(-c8ccccc8)cn7c6c5)cc4)c3cc21. The maximum Gasteiger partial charge on any atom is 0.145 e. The zero-order valence-corrected chi connectivity index (χ0v) is 28.4. The minimum atomic E-state index is -0.0596. The molecule has 1 aliphatic carbocycles. The van der Waals surface area contributed by atoms with Crippen LogP contribution in [0, 0.1) is 0 Å². The molecule has 0 amide bonds. The molecular weight excluding hydrogens is 619 g/mol. The molecule has 0 fully saturated rings. The highest BCUT2D eigenvalue weighted by atomic mass is 15.0. The highest BCUT2D eigenvalue weighted by molar-refractivity contribution is 6.12. The van der Waals surface area contributed by atoms with Gasteiger partial charge in [0.25, 0.3) is 0 Å². The summed E-state index contributed by atoms with van der Waals surface area (Å²) in [5.74, 6) is 0. The molecular formula is C48H33N3. The highest BCUT2D eigenvalue weighted by Crippen LogP contribution is 2.51. The Morgan fingerprint density at radius 1 is 0.451 bits per heavy atom. The van der Waals surface area contributed by atoms with Gasteiger partial charge >= 0.3 is 0 Å². The summed E-state index contributed by atoms with van der Waals surface area (Å²) in [7, 11) is 0. The predicted molar refractivity (Wildman–Crippen MR) is 213 cm³/mol. The fourth-order valence-electron chi connectivity index (χ4n) is 8.80. The number of aromatic nitrogens is 3. The van der Waals surface area contributed by atoms with E-state index in [4.69, 9.17) is 4.98 Å². The van der Waals surface area contributed by atoms with Crippen molar-refractivity contribution in [1.29, 1.82) is 0 Å². The summed E-state index contributed by atoms with van der Waals surface area (Å²) in [4.78, 5) is 5.13. The molecule has 3 heterocycles. The summed E-state index contributed by atoms with van der Waals surface area (Å²) in [6, 6.07) is 57.6. The van der Waals surface area contributed by atoms with E-state index in [2.05, 4.69) is 187 Å². The minimum Gasteiger partial charge on any atom is -0.309 e. The van der Waals surface area contributed by atoms with Crippen LogP contribution in [0.3, 0.4) is 0 Å². The molecule has 0 saturated carbocycles. The van der Waals surface area contributed by atoms with Crippen LogP contribution in [0.5, 0.6) is 0 Å². The number of para-hydroxylation sites is 1. The third-order valence-corrected chi connectivity index (χ3v) is 11.3. The Balaban J connectivity index is 1.06. The number of fused-ring (bicyclic) bond motifs is 11. The van der Waals surface area contributed by atoms with Crippen molar-refractivity contribution < 1.29 is 0 Å². The predicted octanol–water partition coefficient (Wildman–Crippen LogP) is 12.4. The quantitative estimate of drug-likeness (QED) is 0.186. The second-order valence-corrected chi connectivity index (χ2v) is 14.4. The van der Waals surface area contributed by atoms with Crippen molar-refractivity contribution in [3.8, 4) is 39.1 Å². The molecule has 0 atom stereocenters. The molecule has 11 rings (SSSR count). The lowest BCUT2D eigenvalue weighted by atomic mass is 9.82. The van der Waals surface area contributed by atoms with E-state index >= 15 is 0 Å². The largest absolute Gasteiger partial charge is 0.309 e. The van der Waals surface area contributed by atoms with Gasteiger partial charge in [-0.1, -0.05) is 129 Å². The summed E-state index contributed by atoms with van der Waals surface area (Å²) >= 11 is 0. The van der Waals surface area contributed by atoms with Crippen LogP contribution in [-0.2, 0) is 5.41 Å². The third kappa shape index (κ3) is 3.97. The molecule has 0 aliphatic heterocycles. The average molecular weight is 652 g/mol. The van der Waals surface area contributed by atoms with E-state index in [1.54, 1.807) is 0 Å². The zero-order valence-electron chi connectivity index (χ0n) is 28.4. The standard InChI is InChI=1S/C48H33N3/c1-48(2)41-18-10-8-15-35(41)38-27-39-36-16-9-11-19-44(36)51(45(39)28-42(38)48)33-23-20-30(21-24-33)32-22-25-43-46(26-32)50-29-40(31-12-4-3-5-13-31)34-14-6-7-17-37(34)47(50)49-43/h3-29H,1-2H3. The van der Waals surface area contributed by atoms with Gasteiger partial charge in [0.2, 0.25) is 0 Å². The summed E-state index contributed by atoms with van der Waals surface area (Å²) in [6.45, 7) is 4.72. The van der Waals surface area contributed by atoms with Gasteiger partial charge in [-0.05, 0) is 86.8 Å². The van der Waals surface area contributed by atoms with Gasteiger partial charge < -0.3 is 4.57 Å². The summed E-state index contributed by atoms with van der Waals surface area (Å²) in [6.07, 6.45) is 2.26. The normalized spacial score (nSPS) is 13.5. The maximum absolute atomic E-state index is 5.13. The molecule has 3 heteroatoms. The van der Waals surface area contributed by atoms with Gasteiger partial charge in [-0.15, -0.1) is 0 Å². The number of hydrogen-bond acceptors (Lipinski definition) is 1. The Morgan fingerprint density at radius 3 is 2.00 bits per heavy atom. The fourth-order valence-corrected chi connectivity index (χ4v) is 8.80. The lowest BCUT2D eigenvalue weighted by Gasteiger charge is -2.21. The molecule has 51 heavy (non-hydrogen) atoms. The maximum atomic E-state index is 5.13. The van der Waals surface area contributed by atoms with Crippen LogP contribution in [0.4, 0.5) is 0 Å². The number of nitrogens with zero attached hydrogens (tertiary/aromatic N) is 3. The zero-order chi connectivity index (χ0) is 33.8. The Hall–Kier alpha value is -6.45. The van der Waals surface area contributed by atoms with E-state index in [9.17, 15) is 0 Å². The smallest absolute Gasteiger partial charge is 0.145 e. The second-order valence-electron chi connectivity index (χ2n) is 14.4. The number of hydrogen-bond donors (Lipinski definition) is 0. The van der Waals surface area contributed by atoms with Crippen LogP contribution in [-0.4, -0.2) is 14.0 Å². The first-order valence-electron chi connectivity index (χ1n) is 17.7. The molecule has 0 radical (unpaired) electrons. The number of benzene rings is 7. The van der Waals surface area contributed by atoms with Crippen LogP contribution in [0.1, 0.15) is 25.0 Å². The van der Waals surface area contributed by atoms with Crippen molar-refractivity contribution in [3.05, 3.63) is 175 Å². The van der Waals surface area contributed by atoms with Gasteiger partial charge in [-0.3, -0.25) is 4.40 Å². The van der Waals surface area contributed by atoms with Crippen LogP contribution < -0.4 is 0 Å². The second kappa shape index (κ2) is 10.3. The van der Waals surface area contributed by atoms with Crippen LogP contribution >= 0.6 is 0 Å². The van der Waals surface area contributed by atoms with Gasteiger partial charge in [-0.2, -0.15) is 0 Å². The van der Waals surface area contributed by atoms with Gasteiger partial charge in [0.05, 0.1) is 22.1 Å². The van der Waals surface area contributed by atoms with Crippen molar-refractivity contribution in [2.45, 2.75) is 19.3 Å². The average Bonchev–Trinajstić information content (AvgIpc) is 3.79. The van der Waals surface area contributed by atoms with E-state index in [1.165, 1.54) is 71.7 Å². The molecule has 0 bridgehead atoms. The van der Waals surface area contributed by atoms with E-state index in [0.29, 0.717) is 0 Å². The Kier molecular flexibility index (Phi) is 5.73. The Labute approximate surface area is 295 Å². The molecule has 3 nitrogen and oxygen atoms in total. The first kappa shape index (κ1) is 28.4. The Bertz CT molecular complexity index is 3030. The van der Waals surface area contributed by atoms with Crippen LogP contribution in [0.2, 0.25) is 0 Å². The molecule has 240 valence electrons. The fraction of sp³-hybridized carbons (Fsp3) is 0.0625. The number of pyridine rings is 1. The first-order valence-corrected chi connectivity index (χ1v) is 17.7. The summed E-state index contributed by atoms with van der Waals surface area (Å²) < 4.78 is 4.71. The van der Waals surface area contributed by atoms with Crippen molar-refractivity contribution in [3.63, 3.8) is 0 Å². The molecule has 3 aromatic heterocycles. The van der Waals surface area contributed by atoms with Crippen LogP contribution in [0.25, 0.3) is 88.3 Å². The topological polar surface area (TPSA) is 22.2 Å². The van der Waals surface area contributed by atoms with E-state index < -0.39 is 0 Å². The van der Waals surface area contributed by atoms with E-state index in [0.717, 1.165) is 27.8 Å². The van der Waals surface area contributed by atoms with Crippen LogP contribution in [0.15, 0.2) is 164 Å². The van der Waals surface area contributed by atoms with Crippen molar-refractivity contribution >= 4 is 49.3 Å². The molecule has 0 unspecified atom stereocenters. The third-order valence-electron chi connectivity index (χ3n) is 11.3. The lowest BCUT2D eigenvalue weighted by molar-refractivity contribution is 0.661. The van der Waals surface area contributed by atoms with Crippen molar-refractivity contribution in [2.75, 3.05) is 0 Å². The van der Waals surface area contributed by atoms with Crippen molar-refractivity contribution in [2.24, 2.45) is 0 Å². The summed E-state index contributed by atoms with van der Waals surface area (Å²) in [5, 5.41) is 4.94. The van der Waals surface area contributed by atoms with Gasteiger partial charge in [0.1, 0.15) is 5.65 Å². The molecule has 0 N–H and O–H groups in total. The molecule has 7 aromatic carbocycles. The molecule has 10 aromatic rings. The van der Waals surface area contributed by atoms with Gasteiger partial charge in [0, 0.05) is 39.0 Å². The Morgan fingerprint density at radius 2 is 1.16 bits per heavy atom. The number of imidazole rings is 1.